The lowest BCUT2D eigenvalue weighted by Gasteiger charge is -2.18. The zero-order valence-corrected chi connectivity index (χ0v) is 19.1. The number of nitrogens with one attached hydrogen (secondary N) is 2. The maximum atomic E-state index is 12.4. The van der Waals surface area contributed by atoms with Gasteiger partial charge in [-0.3, -0.25) is 14.5 Å². The Hall–Kier alpha value is -3.73. The number of aromatic nitrogens is 1. The molecular weight excluding hydrogens is 463 g/mol. The zero-order valence-electron chi connectivity index (χ0n) is 19.1. The highest BCUT2D eigenvalue weighted by atomic mass is 19.4. The predicted octanol–water partition coefficient (Wildman–Crippen LogP) is 3.01. The average molecular weight is 489 g/mol. The van der Waals surface area contributed by atoms with E-state index < -0.39 is 23.9 Å². The number of carbonyl (C=O) groups is 2. The number of fused-ring (bicyclic) bond motifs is 1. The van der Waals surface area contributed by atoms with Crippen LogP contribution in [0.2, 0.25) is 0 Å². The number of alkyl halides is 3. The molecule has 3 aromatic rings. The number of nitrogens with zero attached hydrogens (tertiary/aromatic N) is 2. The van der Waals surface area contributed by atoms with Crippen LogP contribution in [0.1, 0.15) is 22.3 Å². The molecule has 1 saturated heterocycles. The molecule has 1 aliphatic rings. The van der Waals surface area contributed by atoms with Gasteiger partial charge in [0, 0.05) is 36.5 Å². The Bertz CT molecular complexity index is 1240. The van der Waals surface area contributed by atoms with Crippen molar-refractivity contribution in [1.29, 1.82) is 0 Å². The van der Waals surface area contributed by atoms with Crippen LogP contribution in [0.3, 0.4) is 0 Å². The molecule has 11 heteroatoms. The van der Waals surface area contributed by atoms with E-state index in [0.29, 0.717) is 13.2 Å². The standard InChI is InChI=1S/C24H26F3N5O3/c1-15-2-3-16-6-9-32(21(16)10-15)14-31-8-7-17(13-31)30-22(33)12-29-23(34)19-11-18(4-5-20(19)28)35-24(25,26)27/h2-6,9-11,17H,7-8,12-14,28H2,1H3,(H,29,34)(H,30,33)/t17-/m1/s1. The number of nitrogen functional groups attached to an aromatic ring is 1. The molecule has 1 aromatic heterocycles. The summed E-state index contributed by atoms with van der Waals surface area (Å²) in [6, 6.07) is 11.3. The number of benzene rings is 2. The molecule has 1 atom stereocenters. The molecule has 1 aliphatic heterocycles. The van der Waals surface area contributed by atoms with E-state index in [9.17, 15) is 22.8 Å². The summed E-state index contributed by atoms with van der Waals surface area (Å²) in [5.74, 6) is -1.74. The SMILES string of the molecule is Cc1ccc2ccn(CN3CC[C@@H](NC(=O)CNC(=O)c4cc(OC(F)(F)F)ccc4N)C3)c2c1. The summed E-state index contributed by atoms with van der Waals surface area (Å²) in [6.07, 6.45) is -2.08. The normalized spacial score (nSPS) is 16.4. The van der Waals surface area contributed by atoms with Gasteiger partial charge < -0.3 is 25.7 Å². The number of halogens is 3. The molecule has 0 bridgehead atoms. The molecule has 0 unspecified atom stereocenters. The van der Waals surface area contributed by atoms with Gasteiger partial charge in [0.05, 0.1) is 18.8 Å². The number of amides is 2. The minimum Gasteiger partial charge on any atom is -0.406 e. The predicted molar refractivity (Wildman–Crippen MR) is 125 cm³/mol. The zero-order chi connectivity index (χ0) is 25.2. The molecule has 0 spiro atoms. The quantitative estimate of drug-likeness (QED) is 0.443. The van der Waals surface area contributed by atoms with E-state index in [1.807, 2.05) is 6.20 Å². The molecular formula is C24H26F3N5O3. The fourth-order valence-corrected chi connectivity index (χ4v) is 4.18. The van der Waals surface area contributed by atoms with Crippen molar-refractivity contribution in [2.75, 3.05) is 25.4 Å². The van der Waals surface area contributed by atoms with E-state index in [1.54, 1.807) is 0 Å². The van der Waals surface area contributed by atoms with Crippen molar-refractivity contribution in [2.24, 2.45) is 0 Å². The molecule has 2 heterocycles. The monoisotopic (exact) mass is 489 g/mol. The minimum atomic E-state index is -4.90. The number of hydrogen-bond acceptors (Lipinski definition) is 5. The van der Waals surface area contributed by atoms with E-state index in [-0.39, 0.29) is 23.8 Å². The Balaban J connectivity index is 1.27. The molecule has 4 rings (SSSR count). The second-order valence-corrected chi connectivity index (χ2v) is 8.60. The summed E-state index contributed by atoms with van der Waals surface area (Å²) in [6.45, 7) is 3.89. The largest absolute Gasteiger partial charge is 0.573 e. The van der Waals surface area contributed by atoms with Crippen LogP contribution in [0.4, 0.5) is 18.9 Å². The Morgan fingerprint density at radius 3 is 2.74 bits per heavy atom. The van der Waals surface area contributed by atoms with Crippen LogP contribution >= 0.6 is 0 Å². The summed E-state index contributed by atoms with van der Waals surface area (Å²) >= 11 is 0. The average Bonchev–Trinajstić information content (AvgIpc) is 3.39. The van der Waals surface area contributed by atoms with Gasteiger partial charge >= 0.3 is 6.36 Å². The highest BCUT2D eigenvalue weighted by Gasteiger charge is 2.31. The fourth-order valence-electron chi connectivity index (χ4n) is 4.18. The van der Waals surface area contributed by atoms with Crippen LogP contribution in [0.5, 0.6) is 5.75 Å². The lowest BCUT2D eigenvalue weighted by molar-refractivity contribution is -0.274. The Morgan fingerprint density at radius 1 is 1.17 bits per heavy atom. The van der Waals surface area contributed by atoms with E-state index in [2.05, 4.69) is 56.0 Å². The Morgan fingerprint density at radius 2 is 1.97 bits per heavy atom. The van der Waals surface area contributed by atoms with Gasteiger partial charge in [0.2, 0.25) is 5.91 Å². The summed E-state index contributed by atoms with van der Waals surface area (Å²) in [5, 5.41) is 6.45. The van der Waals surface area contributed by atoms with Gasteiger partial charge in [-0.25, -0.2) is 0 Å². The third kappa shape index (κ3) is 6.24. The van der Waals surface area contributed by atoms with Gasteiger partial charge in [-0.15, -0.1) is 13.2 Å². The van der Waals surface area contributed by atoms with Crippen molar-refractivity contribution in [3.63, 3.8) is 0 Å². The van der Waals surface area contributed by atoms with Crippen molar-refractivity contribution < 1.29 is 27.5 Å². The first-order valence-corrected chi connectivity index (χ1v) is 11.1. The smallest absolute Gasteiger partial charge is 0.406 e. The number of aryl methyl sites for hydroxylation is 1. The van der Waals surface area contributed by atoms with Crippen LogP contribution in [0, 0.1) is 6.92 Å². The lowest BCUT2D eigenvalue weighted by atomic mass is 10.1. The van der Waals surface area contributed by atoms with Gasteiger partial charge in [-0.2, -0.15) is 0 Å². The number of ether oxygens (including phenoxy) is 1. The van der Waals surface area contributed by atoms with Gasteiger partial charge in [-0.1, -0.05) is 12.1 Å². The third-order valence-electron chi connectivity index (χ3n) is 5.83. The number of rotatable bonds is 7. The molecule has 1 fully saturated rings. The van der Waals surface area contributed by atoms with E-state index in [4.69, 9.17) is 5.73 Å². The van der Waals surface area contributed by atoms with E-state index >= 15 is 0 Å². The molecule has 2 aromatic carbocycles. The molecule has 0 saturated carbocycles. The Labute approximate surface area is 199 Å². The van der Waals surface area contributed by atoms with Crippen molar-refractivity contribution in [2.45, 2.75) is 32.4 Å². The van der Waals surface area contributed by atoms with Crippen molar-refractivity contribution in [3.8, 4) is 5.75 Å². The van der Waals surface area contributed by atoms with Gasteiger partial charge in [0.25, 0.3) is 5.91 Å². The van der Waals surface area contributed by atoms with Crippen LogP contribution in [-0.2, 0) is 11.5 Å². The fraction of sp³-hybridized carbons (Fsp3) is 0.333. The second kappa shape index (κ2) is 9.87. The second-order valence-electron chi connectivity index (χ2n) is 8.60. The summed E-state index contributed by atoms with van der Waals surface area (Å²) < 4.78 is 43.3. The first-order chi connectivity index (χ1) is 16.6. The van der Waals surface area contributed by atoms with Crippen molar-refractivity contribution >= 4 is 28.4 Å². The van der Waals surface area contributed by atoms with Crippen molar-refractivity contribution in [1.82, 2.24) is 20.1 Å². The van der Waals surface area contributed by atoms with Gasteiger partial charge in [-0.05, 0) is 54.6 Å². The molecule has 8 nitrogen and oxygen atoms in total. The first-order valence-electron chi connectivity index (χ1n) is 11.1. The van der Waals surface area contributed by atoms with E-state index in [0.717, 1.165) is 36.7 Å². The molecule has 4 N–H and O–H groups in total. The number of likely N-dealkylation sites (tertiary alicyclic amines) is 1. The van der Waals surface area contributed by atoms with Crippen LogP contribution in [-0.4, -0.2) is 53.3 Å². The minimum absolute atomic E-state index is 0.0309. The third-order valence-corrected chi connectivity index (χ3v) is 5.83. The maximum absolute atomic E-state index is 12.4. The van der Waals surface area contributed by atoms with Gasteiger partial charge in [0.15, 0.2) is 0 Å². The molecule has 35 heavy (non-hydrogen) atoms. The Kier molecular flexibility index (Phi) is 6.88. The number of carbonyl (C=O) groups excluding carboxylic acids is 2. The maximum Gasteiger partial charge on any atom is 0.573 e. The van der Waals surface area contributed by atoms with Crippen LogP contribution in [0.25, 0.3) is 10.9 Å². The molecule has 0 aliphatic carbocycles. The number of anilines is 1. The highest BCUT2D eigenvalue weighted by molar-refractivity contribution is 6.01. The number of hydrogen-bond donors (Lipinski definition) is 3. The summed E-state index contributed by atoms with van der Waals surface area (Å²) in [5.41, 5.74) is 7.81. The topological polar surface area (TPSA) is 102 Å². The molecule has 2 amide bonds. The van der Waals surface area contributed by atoms with E-state index in [1.165, 1.54) is 10.9 Å². The van der Waals surface area contributed by atoms with Gasteiger partial charge in [0.1, 0.15) is 5.75 Å². The lowest BCUT2D eigenvalue weighted by Crippen LogP contribution is -2.43. The van der Waals surface area contributed by atoms with Crippen LogP contribution < -0.4 is 21.1 Å². The molecule has 186 valence electrons. The summed E-state index contributed by atoms with van der Waals surface area (Å²) in [4.78, 5) is 27.0. The number of nitrogens with two attached hydrogens (primary N) is 1. The van der Waals surface area contributed by atoms with Crippen LogP contribution in [0.15, 0.2) is 48.7 Å². The first kappa shape index (κ1) is 24.4. The van der Waals surface area contributed by atoms with Crippen molar-refractivity contribution in [3.05, 3.63) is 59.8 Å². The summed E-state index contributed by atoms with van der Waals surface area (Å²) in [7, 11) is 0. The highest BCUT2D eigenvalue weighted by Crippen LogP contribution is 2.26. The molecule has 0 radical (unpaired) electrons.